The van der Waals surface area contributed by atoms with Crippen molar-refractivity contribution in [3.8, 4) is 5.69 Å². The zero-order chi connectivity index (χ0) is 24.2. The van der Waals surface area contributed by atoms with Crippen LogP contribution >= 0.6 is 11.8 Å². The van der Waals surface area contributed by atoms with Gasteiger partial charge in [-0.05, 0) is 75.5 Å². The van der Waals surface area contributed by atoms with Gasteiger partial charge in [-0.2, -0.15) is 0 Å². The van der Waals surface area contributed by atoms with Gasteiger partial charge in [0.05, 0.1) is 6.04 Å². The molecule has 0 unspecified atom stereocenters. The zero-order valence-electron chi connectivity index (χ0n) is 20.1. The molecule has 1 amide bonds. The second kappa shape index (κ2) is 10.9. The molecule has 35 heavy (non-hydrogen) atoms. The van der Waals surface area contributed by atoms with Crippen LogP contribution in [0.15, 0.2) is 59.8 Å². The molecule has 0 spiro atoms. The van der Waals surface area contributed by atoms with E-state index in [9.17, 15) is 9.18 Å². The Hall–Kier alpha value is -2.71. The van der Waals surface area contributed by atoms with E-state index < -0.39 is 5.25 Å². The van der Waals surface area contributed by atoms with Crippen LogP contribution < -0.4 is 0 Å². The molecule has 184 valence electrons. The Balaban J connectivity index is 1.53. The number of nitrogens with zero attached hydrogens (tertiary/aromatic N) is 5. The molecule has 0 saturated carbocycles. The lowest BCUT2D eigenvalue weighted by atomic mass is 10.1. The summed E-state index contributed by atoms with van der Waals surface area (Å²) < 4.78 is 15.8. The van der Waals surface area contributed by atoms with Crippen LogP contribution in [0.3, 0.4) is 0 Å². The molecular weight excluding hydrogens is 461 g/mol. The molecule has 2 aliphatic rings. The number of aromatic nitrogens is 3. The highest BCUT2D eigenvalue weighted by Crippen LogP contribution is 2.39. The number of thioether (sulfide) groups is 1. The molecule has 0 bridgehead atoms. The van der Waals surface area contributed by atoms with Crippen LogP contribution in [0.2, 0.25) is 0 Å². The third kappa shape index (κ3) is 5.28. The Kier molecular flexibility index (Phi) is 7.48. The van der Waals surface area contributed by atoms with Crippen molar-refractivity contribution >= 4 is 17.7 Å². The number of halogens is 1. The summed E-state index contributed by atoms with van der Waals surface area (Å²) in [5.74, 6) is 0.646. The van der Waals surface area contributed by atoms with Gasteiger partial charge in [0.15, 0.2) is 11.0 Å². The molecule has 0 radical (unpaired) electrons. The van der Waals surface area contributed by atoms with E-state index in [4.69, 9.17) is 0 Å². The highest BCUT2D eigenvalue weighted by atomic mass is 32.2. The van der Waals surface area contributed by atoms with Crippen molar-refractivity contribution in [2.24, 2.45) is 0 Å². The van der Waals surface area contributed by atoms with Crippen molar-refractivity contribution in [3.63, 3.8) is 0 Å². The van der Waals surface area contributed by atoms with Gasteiger partial charge in [-0.15, -0.1) is 10.2 Å². The fourth-order valence-corrected chi connectivity index (χ4v) is 6.17. The standard InChI is InChI=1S/C27H32FN5OS/c1-20(31-16-6-3-7-17-31)25-29-30-27(33(25)23-14-12-22(28)13-15-23)35-24(21-10-4-2-5-11-21)26(34)32-18-8-9-19-32/h2,4-5,10-15,20,24H,3,6-9,16-19H2,1H3/t20-,24+/m0/s1. The summed E-state index contributed by atoms with van der Waals surface area (Å²) in [6.45, 7) is 5.81. The van der Waals surface area contributed by atoms with Gasteiger partial charge in [0.1, 0.15) is 11.1 Å². The first-order chi connectivity index (χ1) is 17.1. The van der Waals surface area contributed by atoms with E-state index >= 15 is 0 Å². The molecule has 0 aliphatic carbocycles. The van der Waals surface area contributed by atoms with Gasteiger partial charge in [0.25, 0.3) is 0 Å². The number of likely N-dealkylation sites (tertiary alicyclic amines) is 2. The molecule has 6 nitrogen and oxygen atoms in total. The molecule has 2 fully saturated rings. The fourth-order valence-electron chi connectivity index (χ4n) is 5.03. The number of hydrogen-bond donors (Lipinski definition) is 0. The quantitative estimate of drug-likeness (QED) is 0.412. The summed E-state index contributed by atoms with van der Waals surface area (Å²) in [4.78, 5) is 18.0. The van der Waals surface area contributed by atoms with Gasteiger partial charge in [0.2, 0.25) is 5.91 Å². The van der Waals surface area contributed by atoms with Gasteiger partial charge in [-0.1, -0.05) is 48.5 Å². The molecule has 2 aromatic carbocycles. The van der Waals surface area contributed by atoms with Crippen LogP contribution in [-0.2, 0) is 4.79 Å². The number of rotatable bonds is 7. The van der Waals surface area contributed by atoms with Crippen molar-refractivity contribution in [1.82, 2.24) is 24.6 Å². The third-order valence-corrected chi connectivity index (χ3v) is 8.21. The molecule has 2 atom stereocenters. The SMILES string of the molecule is C[C@@H](c1nnc(S[C@@H](C(=O)N2CCCC2)c2ccccc2)n1-c1ccc(F)cc1)N1CCCCC1. The number of carbonyl (C=O) groups excluding carboxylic acids is 1. The summed E-state index contributed by atoms with van der Waals surface area (Å²) >= 11 is 1.43. The fraction of sp³-hybridized carbons (Fsp3) is 0.444. The van der Waals surface area contributed by atoms with Gasteiger partial charge in [-0.25, -0.2) is 4.39 Å². The van der Waals surface area contributed by atoms with Crippen LogP contribution in [0.5, 0.6) is 0 Å². The maximum atomic E-state index is 13.8. The topological polar surface area (TPSA) is 54.3 Å². The van der Waals surface area contributed by atoms with Crippen molar-refractivity contribution in [2.75, 3.05) is 26.2 Å². The number of hydrogen-bond acceptors (Lipinski definition) is 5. The van der Waals surface area contributed by atoms with E-state index in [-0.39, 0.29) is 17.8 Å². The van der Waals surface area contributed by atoms with Crippen LogP contribution in [0.4, 0.5) is 4.39 Å². The molecule has 3 aromatic rings. The van der Waals surface area contributed by atoms with Crippen molar-refractivity contribution < 1.29 is 9.18 Å². The minimum absolute atomic E-state index is 0.0617. The van der Waals surface area contributed by atoms with Crippen molar-refractivity contribution in [2.45, 2.75) is 55.5 Å². The Bertz CT molecular complexity index is 1120. The minimum atomic E-state index is -0.421. The Morgan fingerprint density at radius 2 is 1.54 bits per heavy atom. The smallest absolute Gasteiger partial charge is 0.240 e. The summed E-state index contributed by atoms with van der Waals surface area (Å²) in [6, 6.07) is 16.4. The average Bonchev–Trinajstić information content (AvgIpc) is 3.59. The van der Waals surface area contributed by atoms with Crippen LogP contribution in [0, 0.1) is 5.82 Å². The average molecular weight is 494 g/mol. The molecule has 2 saturated heterocycles. The zero-order valence-corrected chi connectivity index (χ0v) is 21.0. The molecule has 1 aromatic heterocycles. The van der Waals surface area contributed by atoms with Crippen LogP contribution in [-0.4, -0.2) is 56.7 Å². The molecule has 5 rings (SSSR count). The number of carbonyl (C=O) groups is 1. The maximum Gasteiger partial charge on any atom is 0.240 e. The minimum Gasteiger partial charge on any atom is -0.341 e. The monoisotopic (exact) mass is 493 g/mol. The second-order valence-corrected chi connectivity index (χ2v) is 10.4. The largest absolute Gasteiger partial charge is 0.341 e. The lowest BCUT2D eigenvalue weighted by Gasteiger charge is -2.32. The molecule has 8 heteroatoms. The highest BCUT2D eigenvalue weighted by Gasteiger charge is 2.32. The van der Waals surface area contributed by atoms with Crippen molar-refractivity contribution in [1.29, 1.82) is 0 Å². The predicted octanol–water partition coefficient (Wildman–Crippen LogP) is 5.41. The van der Waals surface area contributed by atoms with Crippen LogP contribution in [0.25, 0.3) is 5.69 Å². The highest BCUT2D eigenvalue weighted by molar-refractivity contribution is 8.00. The van der Waals surface area contributed by atoms with E-state index in [0.717, 1.165) is 56.1 Å². The Morgan fingerprint density at radius 1 is 0.886 bits per heavy atom. The third-order valence-electron chi connectivity index (χ3n) is 7.02. The molecular formula is C27H32FN5OS. The van der Waals surface area contributed by atoms with E-state index in [1.807, 2.05) is 39.8 Å². The normalized spacial score (nSPS) is 18.5. The van der Waals surface area contributed by atoms with E-state index in [0.29, 0.717) is 5.16 Å². The maximum absolute atomic E-state index is 13.8. The lowest BCUT2D eigenvalue weighted by molar-refractivity contribution is -0.129. The van der Waals surface area contributed by atoms with Crippen molar-refractivity contribution in [3.05, 3.63) is 71.8 Å². The van der Waals surface area contributed by atoms with E-state index in [1.165, 1.54) is 43.2 Å². The lowest BCUT2D eigenvalue weighted by Crippen LogP contribution is -2.33. The Morgan fingerprint density at radius 3 is 2.23 bits per heavy atom. The molecule has 2 aliphatic heterocycles. The number of amides is 1. The molecule has 3 heterocycles. The predicted molar refractivity (Wildman–Crippen MR) is 136 cm³/mol. The second-order valence-electron chi connectivity index (χ2n) is 9.37. The summed E-state index contributed by atoms with van der Waals surface area (Å²) in [5.41, 5.74) is 1.76. The summed E-state index contributed by atoms with van der Waals surface area (Å²) in [6.07, 6.45) is 5.70. The first kappa shape index (κ1) is 24.0. The van der Waals surface area contributed by atoms with Gasteiger partial charge < -0.3 is 4.90 Å². The number of piperidine rings is 1. The molecule has 0 N–H and O–H groups in total. The Labute approximate surface area is 210 Å². The first-order valence-electron chi connectivity index (χ1n) is 12.6. The van der Waals surface area contributed by atoms with Crippen LogP contribution in [0.1, 0.15) is 61.7 Å². The van der Waals surface area contributed by atoms with E-state index in [1.54, 1.807) is 12.1 Å². The van der Waals surface area contributed by atoms with Gasteiger partial charge >= 0.3 is 0 Å². The number of benzene rings is 2. The van der Waals surface area contributed by atoms with Gasteiger partial charge in [-0.3, -0.25) is 14.3 Å². The first-order valence-corrected chi connectivity index (χ1v) is 13.5. The summed E-state index contributed by atoms with van der Waals surface area (Å²) in [5, 5.41) is 9.44. The summed E-state index contributed by atoms with van der Waals surface area (Å²) in [7, 11) is 0. The van der Waals surface area contributed by atoms with E-state index in [2.05, 4.69) is 22.0 Å². The van der Waals surface area contributed by atoms with Gasteiger partial charge in [0, 0.05) is 18.8 Å².